The lowest BCUT2D eigenvalue weighted by Gasteiger charge is -2.14. The Morgan fingerprint density at radius 2 is 1.37 bits per heavy atom. The number of ketones is 1. The van der Waals surface area contributed by atoms with Gasteiger partial charge >= 0.3 is 6.03 Å². The summed E-state index contributed by atoms with van der Waals surface area (Å²) in [6, 6.07) is 27.0. The highest BCUT2D eigenvalue weighted by Gasteiger charge is 2.18. The molecule has 6 nitrogen and oxygen atoms in total. The molecule has 0 aromatic heterocycles. The summed E-state index contributed by atoms with van der Waals surface area (Å²) in [4.78, 5) is 38.8. The van der Waals surface area contributed by atoms with Crippen LogP contribution in [0.4, 0.5) is 21.9 Å². The summed E-state index contributed by atoms with van der Waals surface area (Å²) in [5.41, 5.74) is 3.25. The summed E-state index contributed by atoms with van der Waals surface area (Å²) in [7, 11) is 0. The van der Waals surface area contributed by atoms with Crippen molar-refractivity contribution in [2.75, 3.05) is 16.0 Å². The van der Waals surface area contributed by atoms with Gasteiger partial charge in [-0.25, -0.2) is 4.79 Å². The number of urea groups is 1. The van der Waals surface area contributed by atoms with Crippen LogP contribution in [0.15, 0.2) is 97.1 Å². The van der Waals surface area contributed by atoms with Crippen molar-refractivity contribution in [2.45, 2.75) is 6.92 Å². The summed E-state index contributed by atoms with van der Waals surface area (Å²) < 4.78 is 0. The molecule has 0 aliphatic heterocycles. The van der Waals surface area contributed by atoms with E-state index in [4.69, 9.17) is 11.6 Å². The molecule has 0 aliphatic carbocycles. The van der Waals surface area contributed by atoms with Crippen molar-refractivity contribution in [2.24, 2.45) is 0 Å². The second-order valence-corrected chi connectivity index (χ2v) is 8.27. The van der Waals surface area contributed by atoms with Gasteiger partial charge in [-0.3, -0.25) is 9.59 Å². The minimum absolute atomic E-state index is 0.197. The molecule has 4 rings (SSSR count). The molecule has 0 saturated carbocycles. The number of carbonyl (C=O) groups is 3. The molecule has 4 aromatic rings. The highest BCUT2D eigenvalue weighted by atomic mass is 35.5. The average molecular weight is 484 g/mol. The van der Waals surface area contributed by atoms with E-state index >= 15 is 0 Å². The molecular weight excluding hydrogens is 462 g/mol. The number of hydrogen-bond acceptors (Lipinski definition) is 3. The van der Waals surface area contributed by atoms with Gasteiger partial charge in [0, 0.05) is 21.8 Å². The molecule has 0 radical (unpaired) electrons. The van der Waals surface area contributed by atoms with Crippen LogP contribution in [0.25, 0.3) is 0 Å². The van der Waals surface area contributed by atoms with Gasteiger partial charge in [0.15, 0.2) is 5.78 Å². The molecule has 0 heterocycles. The van der Waals surface area contributed by atoms with Gasteiger partial charge < -0.3 is 16.0 Å². The normalized spacial score (nSPS) is 10.3. The number of rotatable bonds is 6. The van der Waals surface area contributed by atoms with Crippen LogP contribution in [-0.2, 0) is 0 Å². The van der Waals surface area contributed by atoms with Crippen LogP contribution in [-0.4, -0.2) is 17.7 Å². The Morgan fingerprint density at radius 3 is 2.14 bits per heavy atom. The van der Waals surface area contributed by atoms with E-state index in [0.29, 0.717) is 33.2 Å². The smallest absolute Gasteiger partial charge is 0.321 e. The summed E-state index contributed by atoms with van der Waals surface area (Å²) in [5.74, 6) is -0.661. The van der Waals surface area contributed by atoms with Crippen LogP contribution in [0.2, 0.25) is 5.02 Å². The van der Waals surface area contributed by atoms with Crippen molar-refractivity contribution in [3.8, 4) is 0 Å². The molecule has 0 saturated heterocycles. The lowest BCUT2D eigenvalue weighted by molar-refractivity contribution is 0.102. The van der Waals surface area contributed by atoms with E-state index < -0.39 is 11.9 Å². The molecule has 3 amide bonds. The minimum Gasteiger partial charge on any atom is -0.321 e. The number of carbonyl (C=O) groups excluding carboxylic acids is 3. The van der Waals surface area contributed by atoms with Gasteiger partial charge in [-0.1, -0.05) is 71.8 Å². The lowest BCUT2D eigenvalue weighted by Crippen LogP contribution is -2.22. The Balaban J connectivity index is 1.55. The van der Waals surface area contributed by atoms with Gasteiger partial charge in [-0.15, -0.1) is 0 Å². The number of anilines is 3. The largest absolute Gasteiger partial charge is 0.323 e. The first-order valence-electron chi connectivity index (χ1n) is 10.8. The zero-order valence-corrected chi connectivity index (χ0v) is 19.6. The zero-order valence-electron chi connectivity index (χ0n) is 18.8. The second-order valence-electron chi connectivity index (χ2n) is 7.83. The van der Waals surface area contributed by atoms with Crippen LogP contribution < -0.4 is 16.0 Å². The van der Waals surface area contributed by atoms with Gasteiger partial charge in [0.25, 0.3) is 5.91 Å². The third kappa shape index (κ3) is 5.93. The summed E-state index contributed by atoms with van der Waals surface area (Å²) in [6.45, 7) is 1.88. The standard InChI is InChI=1S/C28H22ClN3O3/c1-18-14-15-25(23(16-18)26(33)19-8-3-2-4-9-19)31-27(34)22-12-5-6-13-24(22)32-28(35)30-21-11-7-10-20(29)17-21/h2-17H,1H3,(H,31,34)(H2,30,32,35). The first-order valence-corrected chi connectivity index (χ1v) is 11.2. The van der Waals surface area contributed by atoms with E-state index in [1.165, 1.54) is 0 Å². The van der Waals surface area contributed by atoms with Gasteiger partial charge in [-0.05, 0) is 49.4 Å². The Bertz CT molecular complexity index is 1400. The lowest BCUT2D eigenvalue weighted by atomic mass is 9.99. The summed E-state index contributed by atoms with van der Waals surface area (Å²) >= 11 is 5.97. The maximum Gasteiger partial charge on any atom is 0.323 e. The predicted octanol–water partition coefficient (Wildman–Crippen LogP) is 6.78. The van der Waals surface area contributed by atoms with Crippen LogP contribution in [0.5, 0.6) is 0 Å². The number of hydrogen-bond donors (Lipinski definition) is 3. The van der Waals surface area contributed by atoms with E-state index in [1.54, 1.807) is 84.9 Å². The highest BCUT2D eigenvalue weighted by Crippen LogP contribution is 2.24. The molecule has 0 unspecified atom stereocenters. The monoisotopic (exact) mass is 483 g/mol. The fourth-order valence-corrected chi connectivity index (χ4v) is 3.72. The SMILES string of the molecule is Cc1ccc(NC(=O)c2ccccc2NC(=O)Nc2cccc(Cl)c2)c(C(=O)c2ccccc2)c1. The molecule has 35 heavy (non-hydrogen) atoms. The zero-order chi connectivity index (χ0) is 24.8. The molecule has 3 N–H and O–H groups in total. The van der Waals surface area contributed by atoms with E-state index in [0.717, 1.165) is 5.56 Å². The minimum atomic E-state index is -0.525. The summed E-state index contributed by atoms with van der Waals surface area (Å²) in [5, 5.41) is 8.70. The molecule has 7 heteroatoms. The van der Waals surface area contributed by atoms with Gasteiger partial charge in [0.05, 0.1) is 16.9 Å². The Kier molecular flexibility index (Phi) is 7.24. The predicted molar refractivity (Wildman–Crippen MR) is 140 cm³/mol. The third-order valence-corrected chi connectivity index (χ3v) is 5.44. The summed E-state index contributed by atoms with van der Waals surface area (Å²) in [6.07, 6.45) is 0. The van der Waals surface area contributed by atoms with Crippen molar-refractivity contribution in [1.29, 1.82) is 0 Å². The quantitative estimate of drug-likeness (QED) is 0.264. The van der Waals surface area contributed by atoms with Crippen molar-refractivity contribution in [1.82, 2.24) is 0 Å². The van der Waals surface area contributed by atoms with Crippen LogP contribution >= 0.6 is 11.6 Å². The van der Waals surface area contributed by atoms with E-state index in [2.05, 4.69) is 16.0 Å². The number of amides is 3. The van der Waals surface area contributed by atoms with Crippen LogP contribution in [0.1, 0.15) is 31.8 Å². The van der Waals surface area contributed by atoms with E-state index in [-0.39, 0.29) is 11.3 Å². The molecule has 0 bridgehead atoms. The Hall–Kier alpha value is -4.42. The van der Waals surface area contributed by atoms with Gasteiger partial charge in [0.1, 0.15) is 0 Å². The van der Waals surface area contributed by atoms with Crippen LogP contribution in [0.3, 0.4) is 0 Å². The fraction of sp³-hybridized carbons (Fsp3) is 0.0357. The molecule has 0 spiro atoms. The number of nitrogens with one attached hydrogen (secondary N) is 3. The molecular formula is C28H22ClN3O3. The first-order chi connectivity index (χ1) is 16.9. The first kappa shape index (κ1) is 23.7. The Morgan fingerprint density at radius 1 is 0.657 bits per heavy atom. The van der Waals surface area contributed by atoms with Crippen LogP contribution in [0, 0.1) is 6.92 Å². The number of benzene rings is 4. The maximum absolute atomic E-state index is 13.2. The topological polar surface area (TPSA) is 87.3 Å². The number of para-hydroxylation sites is 1. The Labute approximate surface area is 207 Å². The average Bonchev–Trinajstić information content (AvgIpc) is 2.85. The van der Waals surface area contributed by atoms with Crippen molar-refractivity contribution >= 4 is 46.4 Å². The number of halogens is 1. The van der Waals surface area contributed by atoms with Crippen molar-refractivity contribution in [3.05, 3.63) is 124 Å². The molecule has 0 atom stereocenters. The molecule has 0 fully saturated rings. The van der Waals surface area contributed by atoms with E-state index in [1.807, 2.05) is 19.1 Å². The second kappa shape index (κ2) is 10.7. The van der Waals surface area contributed by atoms with E-state index in [9.17, 15) is 14.4 Å². The van der Waals surface area contributed by atoms with Crippen molar-refractivity contribution in [3.63, 3.8) is 0 Å². The molecule has 174 valence electrons. The van der Waals surface area contributed by atoms with Gasteiger partial charge in [0.2, 0.25) is 0 Å². The maximum atomic E-state index is 13.2. The molecule has 0 aliphatic rings. The van der Waals surface area contributed by atoms with Crippen molar-refractivity contribution < 1.29 is 14.4 Å². The molecule has 4 aromatic carbocycles. The third-order valence-electron chi connectivity index (χ3n) is 5.21. The fourth-order valence-electron chi connectivity index (χ4n) is 3.53. The highest BCUT2D eigenvalue weighted by molar-refractivity contribution is 6.31. The number of aryl methyl sites for hydroxylation is 1. The van der Waals surface area contributed by atoms with Gasteiger partial charge in [-0.2, -0.15) is 0 Å².